The Morgan fingerprint density at radius 3 is 2.76 bits per heavy atom. The molecule has 0 bridgehead atoms. The summed E-state index contributed by atoms with van der Waals surface area (Å²) >= 11 is 1.71. The lowest BCUT2D eigenvalue weighted by Crippen LogP contribution is -2.19. The molecule has 90 valence electrons. The van der Waals surface area contributed by atoms with E-state index in [1.54, 1.807) is 17.4 Å². The van der Waals surface area contributed by atoms with Crippen molar-refractivity contribution in [3.05, 3.63) is 52.0 Å². The van der Waals surface area contributed by atoms with Gasteiger partial charge in [0.1, 0.15) is 5.82 Å². The van der Waals surface area contributed by atoms with Gasteiger partial charge < -0.3 is 11.1 Å². The van der Waals surface area contributed by atoms with Gasteiger partial charge in [-0.3, -0.25) is 0 Å². The normalized spacial score (nSPS) is 12.4. The van der Waals surface area contributed by atoms with Crippen molar-refractivity contribution < 1.29 is 4.39 Å². The lowest BCUT2D eigenvalue weighted by Gasteiger charge is -2.16. The molecule has 1 atom stereocenters. The number of halogens is 1. The van der Waals surface area contributed by atoms with E-state index in [1.807, 2.05) is 6.07 Å². The van der Waals surface area contributed by atoms with Crippen molar-refractivity contribution in [1.29, 1.82) is 0 Å². The van der Waals surface area contributed by atoms with Crippen molar-refractivity contribution in [2.45, 2.75) is 13.0 Å². The molecule has 0 radical (unpaired) electrons. The van der Waals surface area contributed by atoms with Gasteiger partial charge in [-0.25, -0.2) is 4.39 Å². The zero-order valence-electron chi connectivity index (χ0n) is 9.61. The van der Waals surface area contributed by atoms with E-state index in [0.717, 1.165) is 5.69 Å². The zero-order chi connectivity index (χ0) is 12.3. The maximum absolute atomic E-state index is 13.1. The third-order valence-corrected chi connectivity index (χ3v) is 3.62. The number of hydrogen-bond acceptors (Lipinski definition) is 3. The molecule has 17 heavy (non-hydrogen) atoms. The Morgan fingerprint density at radius 1 is 1.35 bits per heavy atom. The molecule has 4 heteroatoms. The van der Waals surface area contributed by atoms with Crippen molar-refractivity contribution in [2.75, 3.05) is 11.9 Å². The molecule has 0 saturated heterocycles. The van der Waals surface area contributed by atoms with Gasteiger partial charge in [0, 0.05) is 22.0 Å². The molecule has 0 saturated carbocycles. The Kier molecular flexibility index (Phi) is 3.76. The largest absolute Gasteiger partial charge is 0.376 e. The van der Waals surface area contributed by atoms with Gasteiger partial charge in [0.15, 0.2) is 0 Å². The lowest BCUT2D eigenvalue weighted by atomic mass is 10.2. The summed E-state index contributed by atoms with van der Waals surface area (Å²) in [5, 5.41) is 3.24. The van der Waals surface area contributed by atoms with Gasteiger partial charge in [-0.1, -0.05) is 6.07 Å². The Hall–Kier alpha value is -1.39. The van der Waals surface area contributed by atoms with Crippen molar-refractivity contribution >= 4 is 17.0 Å². The van der Waals surface area contributed by atoms with Gasteiger partial charge in [-0.05, 0) is 37.3 Å². The van der Waals surface area contributed by atoms with Crippen LogP contribution in [0.4, 0.5) is 10.1 Å². The van der Waals surface area contributed by atoms with Crippen LogP contribution in [0.15, 0.2) is 36.4 Å². The van der Waals surface area contributed by atoms with Crippen LogP contribution < -0.4 is 11.1 Å². The highest BCUT2D eigenvalue weighted by Gasteiger charge is 2.11. The number of nitrogens with one attached hydrogen (secondary N) is 1. The highest BCUT2D eigenvalue weighted by molar-refractivity contribution is 7.12. The Labute approximate surface area is 104 Å². The van der Waals surface area contributed by atoms with E-state index in [1.165, 1.54) is 21.9 Å². The molecule has 1 unspecified atom stereocenters. The number of hydrogen-bond donors (Lipinski definition) is 2. The average Bonchev–Trinajstić information content (AvgIpc) is 2.73. The van der Waals surface area contributed by atoms with Gasteiger partial charge in [-0.15, -0.1) is 11.3 Å². The van der Waals surface area contributed by atoms with Gasteiger partial charge in [0.05, 0.1) is 6.04 Å². The maximum Gasteiger partial charge on any atom is 0.125 e. The van der Waals surface area contributed by atoms with Crippen LogP contribution >= 0.6 is 11.3 Å². The van der Waals surface area contributed by atoms with Crippen LogP contribution in [-0.4, -0.2) is 6.54 Å². The number of nitrogens with two attached hydrogens (primary N) is 1. The van der Waals surface area contributed by atoms with E-state index in [9.17, 15) is 4.39 Å². The van der Waals surface area contributed by atoms with Crippen LogP contribution in [0.2, 0.25) is 0 Å². The van der Waals surface area contributed by atoms with Gasteiger partial charge in [-0.2, -0.15) is 0 Å². The lowest BCUT2D eigenvalue weighted by molar-refractivity contribution is 0.627. The SMILES string of the molecule is Cc1ccc(C(CN)Nc2cccc(F)c2)s1. The smallest absolute Gasteiger partial charge is 0.125 e. The number of aryl methyl sites for hydroxylation is 1. The summed E-state index contributed by atoms with van der Waals surface area (Å²) < 4.78 is 13.1. The molecule has 0 spiro atoms. The first-order valence-corrected chi connectivity index (χ1v) is 6.29. The first kappa shape index (κ1) is 12.1. The molecule has 1 aromatic carbocycles. The molecule has 0 aliphatic carbocycles. The first-order valence-electron chi connectivity index (χ1n) is 5.47. The molecule has 0 amide bonds. The minimum Gasteiger partial charge on any atom is -0.376 e. The molecular formula is C13H15FN2S. The van der Waals surface area contributed by atoms with Crippen molar-refractivity contribution in [1.82, 2.24) is 0 Å². The Balaban J connectivity index is 2.15. The van der Waals surface area contributed by atoms with Gasteiger partial charge in [0.2, 0.25) is 0 Å². The summed E-state index contributed by atoms with van der Waals surface area (Å²) in [5.74, 6) is -0.242. The molecule has 1 aromatic heterocycles. The summed E-state index contributed by atoms with van der Waals surface area (Å²) in [6.07, 6.45) is 0. The fourth-order valence-corrected chi connectivity index (χ4v) is 2.61. The number of anilines is 1. The fourth-order valence-electron chi connectivity index (χ4n) is 1.67. The first-order chi connectivity index (χ1) is 8.19. The third-order valence-electron chi connectivity index (χ3n) is 2.51. The molecule has 2 nitrogen and oxygen atoms in total. The number of thiophene rings is 1. The highest BCUT2D eigenvalue weighted by atomic mass is 32.1. The van der Waals surface area contributed by atoms with Crippen LogP contribution in [0.5, 0.6) is 0 Å². The quantitative estimate of drug-likeness (QED) is 0.873. The van der Waals surface area contributed by atoms with Crippen LogP contribution in [0.25, 0.3) is 0 Å². The molecular weight excluding hydrogens is 235 g/mol. The second kappa shape index (κ2) is 5.29. The number of benzene rings is 1. The average molecular weight is 250 g/mol. The van der Waals surface area contributed by atoms with Crippen LogP contribution in [0, 0.1) is 12.7 Å². The summed E-state index contributed by atoms with van der Waals surface area (Å²) in [4.78, 5) is 2.42. The minimum atomic E-state index is -0.242. The molecule has 2 aromatic rings. The molecule has 2 rings (SSSR count). The van der Waals surface area contributed by atoms with Gasteiger partial charge >= 0.3 is 0 Å². The Bertz CT molecular complexity index is 496. The second-order valence-corrected chi connectivity index (χ2v) is 5.21. The molecule has 0 aliphatic rings. The summed E-state index contributed by atoms with van der Waals surface area (Å²) in [7, 11) is 0. The Morgan fingerprint density at radius 2 is 2.18 bits per heavy atom. The van der Waals surface area contributed by atoms with E-state index >= 15 is 0 Å². The van der Waals surface area contributed by atoms with E-state index < -0.39 is 0 Å². The zero-order valence-corrected chi connectivity index (χ0v) is 10.4. The predicted octanol–water partition coefficient (Wildman–Crippen LogP) is 3.31. The highest BCUT2D eigenvalue weighted by Crippen LogP contribution is 2.25. The van der Waals surface area contributed by atoms with Crippen molar-refractivity contribution in [2.24, 2.45) is 5.73 Å². The fraction of sp³-hybridized carbons (Fsp3) is 0.231. The standard InChI is InChI=1S/C13H15FN2S/c1-9-5-6-13(17-9)12(8-15)16-11-4-2-3-10(14)7-11/h2-7,12,16H,8,15H2,1H3. The van der Waals surface area contributed by atoms with Crippen LogP contribution in [0.3, 0.4) is 0 Å². The van der Waals surface area contributed by atoms with Crippen LogP contribution in [0.1, 0.15) is 15.8 Å². The number of rotatable bonds is 4. The monoisotopic (exact) mass is 250 g/mol. The van der Waals surface area contributed by atoms with Crippen molar-refractivity contribution in [3.63, 3.8) is 0 Å². The maximum atomic E-state index is 13.1. The minimum absolute atomic E-state index is 0.0375. The summed E-state index contributed by atoms with van der Waals surface area (Å²) in [5.41, 5.74) is 6.51. The van der Waals surface area contributed by atoms with E-state index in [-0.39, 0.29) is 11.9 Å². The topological polar surface area (TPSA) is 38.0 Å². The van der Waals surface area contributed by atoms with Gasteiger partial charge in [0.25, 0.3) is 0 Å². The third kappa shape index (κ3) is 3.05. The van der Waals surface area contributed by atoms with E-state index in [0.29, 0.717) is 6.54 Å². The molecule has 0 fully saturated rings. The summed E-state index contributed by atoms with van der Waals surface area (Å²) in [6, 6.07) is 10.6. The van der Waals surface area contributed by atoms with E-state index in [4.69, 9.17) is 5.73 Å². The van der Waals surface area contributed by atoms with E-state index in [2.05, 4.69) is 24.4 Å². The molecule has 1 heterocycles. The predicted molar refractivity (Wildman–Crippen MR) is 70.9 cm³/mol. The summed E-state index contributed by atoms with van der Waals surface area (Å²) in [6.45, 7) is 2.54. The molecule has 0 aliphatic heterocycles. The second-order valence-electron chi connectivity index (χ2n) is 3.89. The van der Waals surface area contributed by atoms with Crippen LogP contribution in [-0.2, 0) is 0 Å². The molecule has 3 N–H and O–H groups in total. The van der Waals surface area contributed by atoms with Crippen molar-refractivity contribution in [3.8, 4) is 0 Å².